The Morgan fingerprint density at radius 3 is 2.65 bits per heavy atom. The van der Waals surface area contributed by atoms with Crippen molar-refractivity contribution in [1.82, 2.24) is 9.55 Å². The second kappa shape index (κ2) is 5.24. The van der Waals surface area contributed by atoms with E-state index in [1.54, 1.807) is 0 Å². The molecule has 1 aromatic heterocycles. The summed E-state index contributed by atoms with van der Waals surface area (Å²) in [6.07, 6.45) is 1.19. The van der Waals surface area contributed by atoms with Gasteiger partial charge in [0.15, 0.2) is 17.4 Å². The van der Waals surface area contributed by atoms with E-state index in [0.717, 1.165) is 6.07 Å². The molecule has 0 unspecified atom stereocenters. The third-order valence-corrected chi connectivity index (χ3v) is 2.74. The summed E-state index contributed by atoms with van der Waals surface area (Å²) < 4.78 is 45.1. The first-order chi connectivity index (χ1) is 9.47. The number of aromatic nitrogens is 2. The molecule has 0 fully saturated rings. The standard InChI is InChI=1S/C12H10F3N3O2/c1-18-7(4-17-12(18)11(16)19)6-2-3-8(20-5-13)10(15)9(6)14/h2-4H,5H2,1H3,(H2,16,19). The van der Waals surface area contributed by atoms with Crippen molar-refractivity contribution in [2.45, 2.75) is 0 Å². The van der Waals surface area contributed by atoms with Crippen LogP contribution in [0.25, 0.3) is 11.3 Å². The zero-order valence-electron chi connectivity index (χ0n) is 10.4. The lowest BCUT2D eigenvalue weighted by molar-refractivity contribution is 0.0987. The molecule has 0 aliphatic rings. The Bertz CT molecular complexity index is 670. The lowest BCUT2D eigenvalue weighted by Gasteiger charge is -2.09. The Hall–Kier alpha value is -2.51. The van der Waals surface area contributed by atoms with Crippen molar-refractivity contribution in [3.8, 4) is 17.0 Å². The molecule has 20 heavy (non-hydrogen) atoms. The van der Waals surface area contributed by atoms with E-state index in [-0.39, 0.29) is 17.1 Å². The Balaban J connectivity index is 2.54. The molecule has 106 valence electrons. The molecule has 2 N–H and O–H groups in total. The summed E-state index contributed by atoms with van der Waals surface area (Å²) in [5.41, 5.74) is 5.10. The van der Waals surface area contributed by atoms with Gasteiger partial charge < -0.3 is 15.0 Å². The molecule has 0 aliphatic heterocycles. The topological polar surface area (TPSA) is 70.1 Å². The van der Waals surface area contributed by atoms with Crippen molar-refractivity contribution in [2.24, 2.45) is 12.8 Å². The summed E-state index contributed by atoms with van der Waals surface area (Å²) in [4.78, 5) is 14.8. The van der Waals surface area contributed by atoms with Gasteiger partial charge >= 0.3 is 0 Å². The number of primary amides is 1. The summed E-state index contributed by atoms with van der Waals surface area (Å²) in [5.74, 6) is -3.97. The molecule has 1 aromatic carbocycles. The molecule has 5 nitrogen and oxygen atoms in total. The second-order valence-corrected chi connectivity index (χ2v) is 3.88. The number of carbonyl (C=O) groups is 1. The van der Waals surface area contributed by atoms with Crippen molar-refractivity contribution in [1.29, 1.82) is 0 Å². The van der Waals surface area contributed by atoms with Crippen molar-refractivity contribution in [3.63, 3.8) is 0 Å². The van der Waals surface area contributed by atoms with Crippen LogP contribution in [0.2, 0.25) is 0 Å². The fraction of sp³-hybridized carbons (Fsp3) is 0.167. The number of nitrogens with zero attached hydrogens (tertiary/aromatic N) is 2. The minimum absolute atomic E-state index is 0.0936. The van der Waals surface area contributed by atoms with Crippen LogP contribution in [0.5, 0.6) is 5.75 Å². The first kappa shape index (κ1) is 13.9. The summed E-state index contributed by atoms with van der Waals surface area (Å²) in [7, 11) is 1.44. The van der Waals surface area contributed by atoms with Crippen molar-refractivity contribution in [2.75, 3.05) is 6.86 Å². The summed E-state index contributed by atoms with van der Waals surface area (Å²) >= 11 is 0. The first-order valence-electron chi connectivity index (χ1n) is 5.46. The summed E-state index contributed by atoms with van der Waals surface area (Å²) in [6.45, 7) is -1.27. The highest BCUT2D eigenvalue weighted by atomic mass is 19.2. The molecule has 0 saturated carbocycles. The van der Waals surface area contributed by atoms with Crippen LogP contribution in [0.15, 0.2) is 18.3 Å². The van der Waals surface area contributed by atoms with E-state index >= 15 is 0 Å². The van der Waals surface area contributed by atoms with Crippen LogP contribution < -0.4 is 10.5 Å². The van der Waals surface area contributed by atoms with Gasteiger partial charge in [-0.15, -0.1) is 0 Å². The zero-order chi connectivity index (χ0) is 14.9. The molecule has 2 aromatic rings. The van der Waals surface area contributed by atoms with Crippen molar-refractivity contribution < 1.29 is 22.7 Å². The van der Waals surface area contributed by atoms with E-state index in [1.807, 2.05) is 0 Å². The Labute approximate surface area is 111 Å². The maximum absolute atomic E-state index is 13.9. The van der Waals surface area contributed by atoms with Crippen molar-refractivity contribution >= 4 is 5.91 Å². The van der Waals surface area contributed by atoms with Crippen LogP contribution in [0, 0.1) is 11.6 Å². The van der Waals surface area contributed by atoms with Gasteiger partial charge in [0.05, 0.1) is 11.9 Å². The number of rotatable bonds is 4. The molecule has 1 amide bonds. The van der Waals surface area contributed by atoms with Gasteiger partial charge in [-0.25, -0.2) is 13.8 Å². The third-order valence-electron chi connectivity index (χ3n) is 2.74. The smallest absolute Gasteiger partial charge is 0.284 e. The van der Waals surface area contributed by atoms with Crippen LogP contribution >= 0.6 is 0 Å². The zero-order valence-corrected chi connectivity index (χ0v) is 10.4. The van der Waals surface area contributed by atoms with E-state index in [0.29, 0.717) is 0 Å². The number of halogens is 3. The fourth-order valence-electron chi connectivity index (χ4n) is 1.79. The molecule has 0 bridgehead atoms. The maximum Gasteiger partial charge on any atom is 0.284 e. The number of hydrogen-bond donors (Lipinski definition) is 1. The molecule has 0 spiro atoms. The SMILES string of the molecule is Cn1c(-c2ccc(OCF)c(F)c2F)cnc1C(N)=O. The third kappa shape index (κ3) is 2.20. The molecule has 2 rings (SSSR count). The van der Waals surface area contributed by atoms with Crippen LogP contribution in [-0.4, -0.2) is 22.3 Å². The van der Waals surface area contributed by atoms with E-state index in [2.05, 4.69) is 9.72 Å². The second-order valence-electron chi connectivity index (χ2n) is 3.88. The van der Waals surface area contributed by atoms with Crippen LogP contribution in [-0.2, 0) is 7.05 Å². The fourth-order valence-corrected chi connectivity index (χ4v) is 1.79. The predicted molar refractivity (Wildman–Crippen MR) is 63.7 cm³/mol. The average Bonchev–Trinajstić information content (AvgIpc) is 2.78. The van der Waals surface area contributed by atoms with Gasteiger partial charge in [-0.2, -0.15) is 4.39 Å². The van der Waals surface area contributed by atoms with E-state index in [9.17, 15) is 18.0 Å². The van der Waals surface area contributed by atoms with E-state index < -0.39 is 30.2 Å². The molecule has 0 saturated heterocycles. The largest absolute Gasteiger partial charge is 0.460 e. The first-order valence-corrected chi connectivity index (χ1v) is 5.46. The van der Waals surface area contributed by atoms with Gasteiger partial charge in [-0.1, -0.05) is 0 Å². The molecular formula is C12H10F3N3O2. The van der Waals surface area contributed by atoms with Crippen LogP contribution in [0.4, 0.5) is 13.2 Å². The van der Waals surface area contributed by atoms with Gasteiger partial charge in [0.25, 0.3) is 5.91 Å². The highest BCUT2D eigenvalue weighted by Crippen LogP contribution is 2.30. The Morgan fingerprint density at radius 1 is 1.40 bits per heavy atom. The molecule has 0 atom stereocenters. The molecule has 0 aliphatic carbocycles. The monoisotopic (exact) mass is 285 g/mol. The number of amides is 1. The number of hydrogen-bond acceptors (Lipinski definition) is 3. The van der Waals surface area contributed by atoms with Gasteiger partial charge in [-0.05, 0) is 12.1 Å². The quantitative estimate of drug-likeness (QED) is 0.930. The number of ether oxygens (including phenoxy) is 1. The Kier molecular flexibility index (Phi) is 3.64. The number of carbonyl (C=O) groups excluding carboxylic acids is 1. The summed E-state index contributed by atoms with van der Waals surface area (Å²) in [5, 5.41) is 0. The molecule has 0 radical (unpaired) electrons. The highest BCUT2D eigenvalue weighted by molar-refractivity contribution is 5.90. The molecule has 8 heteroatoms. The van der Waals surface area contributed by atoms with Gasteiger partial charge in [0.2, 0.25) is 12.7 Å². The highest BCUT2D eigenvalue weighted by Gasteiger charge is 2.20. The summed E-state index contributed by atoms with van der Waals surface area (Å²) in [6, 6.07) is 2.29. The van der Waals surface area contributed by atoms with Gasteiger partial charge in [-0.3, -0.25) is 4.79 Å². The minimum Gasteiger partial charge on any atom is -0.460 e. The Morgan fingerprint density at radius 2 is 2.10 bits per heavy atom. The normalized spacial score (nSPS) is 10.6. The average molecular weight is 285 g/mol. The lowest BCUT2D eigenvalue weighted by Crippen LogP contribution is -2.17. The van der Waals surface area contributed by atoms with Crippen LogP contribution in [0.1, 0.15) is 10.6 Å². The van der Waals surface area contributed by atoms with E-state index in [1.165, 1.54) is 23.9 Å². The number of alkyl halides is 1. The predicted octanol–water partition coefficient (Wildman–Crippen LogP) is 1.77. The molecule has 1 heterocycles. The molecular weight excluding hydrogens is 275 g/mol. The van der Waals surface area contributed by atoms with Gasteiger partial charge in [0.1, 0.15) is 0 Å². The maximum atomic E-state index is 13.9. The number of imidazole rings is 1. The minimum atomic E-state index is -1.32. The van der Waals surface area contributed by atoms with Crippen molar-refractivity contribution in [3.05, 3.63) is 35.8 Å². The number of benzene rings is 1. The lowest BCUT2D eigenvalue weighted by atomic mass is 10.1. The van der Waals surface area contributed by atoms with Gasteiger partial charge in [0, 0.05) is 12.6 Å². The number of nitrogens with two attached hydrogens (primary N) is 1. The van der Waals surface area contributed by atoms with Crippen LogP contribution in [0.3, 0.4) is 0 Å². The van der Waals surface area contributed by atoms with E-state index in [4.69, 9.17) is 5.73 Å².